The Bertz CT molecular complexity index is 1470. The fourth-order valence-corrected chi connectivity index (χ4v) is 4.95. The van der Waals surface area contributed by atoms with Crippen LogP contribution in [0, 0.1) is 11.3 Å². The van der Waals surface area contributed by atoms with E-state index in [1.54, 1.807) is 30.1 Å². The summed E-state index contributed by atoms with van der Waals surface area (Å²) in [5, 5.41) is 16.4. The number of carbonyl (C=O) groups excluding carboxylic acids is 1. The number of pyridine rings is 2. The number of aryl methyl sites for hydroxylation is 1. The number of carbonyl (C=O) groups is 1. The molecule has 0 aliphatic carbocycles. The number of nitrogens with one attached hydrogen (secondary N) is 1. The van der Waals surface area contributed by atoms with Crippen LogP contribution in [-0.2, 0) is 20.1 Å². The van der Waals surface area contributed by atoms with Gasteiger partial charge in [-0.3, -0.25) is 19.5 Å². The molecule has 0 radical (unpaired) electrons. The number of ether oxygens (including phenoxy) is 1. The van der Waals surface area contributed by atoms with Crippen molar-refractivity contribution in [2.24, 2.45) is 7.05 Å². The summed E-state index contributed by atoms with van der Waals surface area (Å²) in [5.41, 5.74) is 5.13. The summed E-state index contributed by atoms with van der Waals surface area (Å²) in [4.78, 5) is 26.7. The SMILES string of the molecule is COc1cccc(CNC(=O)N(c2ccc(-c3cnn(C)c3)cc2)C2CCN(Cc3ccc(C#N)cn3)CC2)n1. The Balaban J connectivity index is 1.30. The number of aromatic nitrogens is 4. The molecular formula is C30H32N8O2. The second-order valence-electron chi connectivity index (χ2n) is 9.81. The lowest BCUT2D eigenvalue weighted by atomic mass is 10.0. The van der Waals surface area contributed by atoms with E-state index in [0.717, 1.165) is 54.1 Å². The van der Waals surface area contributed by atoms with Crippen LogP contribution in [0.15, 0.2) is 73.2 Å². The predicted octanol–water partition coefficient (Wildman–Crippen LogP) is 4.14. The number of urea groups is 1. The molecule has 3 aromatic heterocycles. The van der Waals surface area contributed by atoms with Gasteiger partial charge in [0.15, 0.2) is 0 Å². The van der Waals surface area contributed by atoms with Crippen molar-refractivity contribution in [2.75, 3.05) is 25.1 Å². The van der Waals surface area contributed by atoms with E-state index in [1.165, 1.54) is 0 Å². The average molecular weight is 537 g/mol. The first-order valence-electron chi connectivity index (χ1n) is 13.3. The van der Waals surface area contributed by atoms with E-state index < -0.39 is 0 Å². The summed E-state index contributed by atoms with van der Waals surface area (Å²) in [6.07, 6.45) is 7.07. The number of anilines is 1. The first kappa shape index (κ1) is 26.8. The van der Waals surface area contributed by atoms with Crippen molar-refractivity contribution >= 4 is 11.7 Å². The third kappa shape index (κ3) is 6.45. The van der Waals surface area contributed by atoms with Gasteiger partial charge in [0.2, 0.25) is 5.88 Å². The number of piperidine rings is 1. The Morgan fingerprint density at radius 3 is 2.52 bits per heavy atom. The molecule has 0 bridgehead atoms. The summed E-state index contributed by atoms with van der Waals surface area (Å²) in [5.74, 6) is 0.513. The van der Waals surface area contributed by atoms with Gasteiger partial charge in [-0.1, -0.05) is 18.2 Å². The minimum Gasteiger partial charge on any atom is -0.481 e. The summed E-state index contributed by atoms with van der Waals surface area (Å²) < 4.78 is 7.00. The van der Waals surface area contributed by atoms with E-state index >= 15 is 0 Å². The number of rotatable bonds is 8. The molecule has 1 fully saturated rings. The van der Waals surface area contributed by atoms with E-state index in [2.05, 4.69) is 31.4 Å². The second kappa shape index (κ2) is 12.4. The molecule has 0 unspecified atom stereocenters. The third-order valence-electron chi connectivity index (χ3n) is 7.08. The van der Waals surface area contributed by atoms with Gasteiger partial charge in [0, 0.05) is 62.4 Å². The number of benzene rings is 1. The van der Waals surface area contributed by atoms with Crippen molar-refractivity contribution in [3.8, 4) is 23.1 Å². The van der Waals surface area contributed by atoms with Gasteiger partial charge < -0.3 is 10.1 Å². The van der Waals surface area contributed by atoms with Crippen LogP contribution in [0.25, 0.3) is 11.1 Å². The summed E-state index contributed by atoms with van der Waals surface area (Å²) in [7, 11) is 3.47. The molecule has 0 saturated carbocycles. The van der Waals surface area contributed by atoms with Gasteiger partial charge in [-0.25, -0.2) is 9.78 Å². The molecule has 4 heterocycles. The van der Waals surface area contributed by atoms with Gasteiger partial charge in [0.1, 0.15) is 6.07 Å². The van der Waals surface area contributed by atoms with Crippen LogP contribution in [0.4, 0.5) is 10.5 Å². The highest BCUT2D eigenvalue weighted by atomic mass is 16.5. The van der Waals surface area contributed by atoms with Crippen molar-refractivity contribution in [3.05, 3.63) is 90.1 Å². The van der Waals surface area contributed by atoms with Gasteiger partial charge >= 0.3 is 6.03 Å². The topological polar surface area (TPSA) is 112 Å². The quantitative estimate of drug-likeness (QED) is 0.360. The second-order valence-corrected chi connectivity index (χ2v) is 9.81. The fraction of sp³-hybridized carbons (Fsp3) is 0.300. The Kier molecular flexibility index (Phi) is 8.32. The Hall–Kier alpha value is -4.75. The van der Waals surface area contributed by atoms with Gasteiger partial charge in [-0.05, 0) is 48.7 Å². The number of likely N-dealkylation sites (tertiary alicyclic amines) is 1. The standard InChI is InChI=1S/C30H32N8O2/c1-36-20-24(18-34-36)23-7-10-27(11-8-23)38(30(39)33-19-25-4-3-5-29(35-25)40-2)28-12-14-37(15-13-28)21-26-9-6-22(16-31)17-32-26/h3-11,17-18,20,28H,12-15,19,21H2,1-2H3,(H,33,39). The van der Waals surface area contributed by atoms with Crippen LogP contribution < -0.4 is 15.0 Å². The summed E-state index contributed by atoms with van der Waals surface area (Å²) in [6, 6.07) is 19.3. The van der Waals surface area contributed by atoms with E-state index in [4.69, 9.17) is 10.00 Å². The van der Waals surface area contributed by atoms with Crippen LogP contribution >= 0.6 is 0 Å². The molecule has 204 valence electrons. The zero-order valence-electron chi connectivity index (χ0n) is 22.7. The Morgan fingerprint density at radius 2 is 1.88 bits per heavy atom. The molecule has 2 amide bonds. The fourth-order valence-electron chi connectivity index (χ4n) is 4.95. The maximum absolute atomic E-state index is 13.7. The first-order chi connectivity index (χ1) is 19.5. The van der Waals surface area contributed by atoms with Crippen LogP contribution in [0.1, 0.15) is 29.8 Å². The van der Waals surface area contributed by atoms with Crippen LogP contribution in [0.3, 0.4) is 0 Å². The zero-order valence-corrected chi connectivity index (χ0v) is 22.7. The lowest BCUT2D eigenvalue weighted by molar-refractivity contribution is 0.195. The number of nitriles is 1. The third-order valence-corrected chi connectivity index (χ3v) is 7.08. The largest absolute Gasteiger partial charge is 0.481 e. The predicted molar refractivity (Wildman–Crippen MR) is 151 cm³/mol. The minimum atomic E-state index is -0.161. The van der Waals surface area contributed by atoms with E-state index in [9.17, 15) is 4.79 Å². The van der Waals surface area contributed by atoms with Gasteiger partial charge in [-0.15, -0.1) is 0 Å². The molecule has 4 aromatic rings. The van der Waals surface area contributed by atoms with Crippen molar-refractivity contribution in [1.29, 1.82) is 5.26 Å². The molecule has 1 aliphatic rings. The lowest BCUT2D eigenvalue weighted by Crippen LogP contribution is -2.50. The molecule has 1 N–H and O–H groups in total. The maximum Gasteiger partial charge on any atom is 0.322 e. The highest BCUT2D eigenvalue weighted by Crippen LogP contribution is 2.28. The smallest absolute Gasteiger partial charge is 0.322 e. The zero-order chi connectivity index (χ0) is 27.9. The van der Waals surface area contributed by atoms with E-state index in [0.29, 0.717) is 24.5 Å². The molecule has 0 spiro atoms. The molecule has 0 atom stereocenters. The van der Waals surface area contributed by atoms with Gasteiger partial charge in [0.05, 0.1) is 36.8 Å². The maximum atomic E-state index is 13.7. The molecule has 1 aliphatic heterocycles. The number of hydrogen-bond donors (Lipinski definition) is 1. The number of methoxy groups -OCH3 is 1. The van der Waals surface area contributed by atoms with Crippen molar-refractivity contribution in [1.82, 2.24) is 30.0 Å². The first-order valence-corrected chi connectivity index (χ1v) is 13.3. The van der Waals surface area contributed by atoms with Gasteiger partial charge in [0.25, 0.3) is 0 Å². The molecule has 5 rings (SSSR count). The molecule has 10 nitrogen and oxygen atoms in total. The highest BCUT2D eigenvalue weighted by Gasteiger charge is 2.29. The molecule has 1 aromatic carbocycles. The summed E-state index contributed by atoms with van der Waals surface area (Å²) in [6.45, 7) is 2.68. The average Bonchev–Trinajstić information content (AvgIpc) is 3.44. The van der Waals surface area contributed by atoms with Crippen LogP contribution in [0.2, 0.25) is 0 Å². The van der Waals surface area contributed by atoms with E-state index in [-0.39, 0.29) is 12.1 Å². The van der Waals surface area contributed by atoms with Crippen molar-refractivity contribution in [2.45, 2.75) is 32.0 Å². The molecule has 1 saturated heterocycles. The number of nitrogens with zero attached hydrogens (tertiary/aromatic N) is 7. The minimum absolute atomic E-state index is 0.0349. The van der Waals surface area contributed by atoms with Crippen molar-refractivity contribution in [3.63, 3.8) is 0 Å². The van der Waals surface area contributed by atoms with E-state index in [1.807, 2.05) is 66.8 Å². The summed E-state index contributed by atoms with van der Waals surface area (Å²) >= 11 is 0. The van der Waals surface area contributed by atoms with Crippen LogP contribution in [0.5, 0.6) is 5.88 Å². The van der Waals surface area contributed by atoms with Crippen molar-refractivity contribution < 1.29 is 9.53 Å². The number of hydrogen-bond acceptors (Lipinski definition) is 7. The Labute approximate surface area is 233 Å². The highest BCUT2D eigenvalue weighted by molar-refractivity contribution is 5.93. The van der Waals surface area contributed by atoms with Gasteiger partial charge in [-0.2, -0.15) is 10.4 Å². The number of amides is 2. The normalized spacial score (nSPS) is 13.9. The molecule has 40 heavy (non-hydrogen) atoms. The monoisotopic (exact) mass is 536 g/mol. The van der Waals surface area contributed by atoms with Crippen LogP contribution in [-0.4, -0.2) is 56.9 Å². The molecular weight excluding hydrogens is 504 g/mol. The lowest BCUT2D eigenvalue weighted by Gasteiger charge is -2.38. The molecule has 10 heteroatoms. The Morgan fingerprint density at radius 1 is 1.07 bits per heavy atom.